The second-order valence-electron chi connectivity index (χ2n) is 5.47. The van der Waals surface area contributed by atoms with E-state index in [9.17, 15) is 14.9 Å². The van der Waals surface area contributed by atoms with E-state index in [1.165, 1.54) is 38.1 Å². The molecule has 1 aromatic carbocycles. The van der Waals surface area contributed by atoms with E-state index in [2.05, 4.69) is 0 Å². The molecule has 1 aromatic rings. The number of thioether (sulfide) groups is 1. The third-order valence-corrected chi connectivity index (χ3v) is 5.19. The highest BCUT2D eigenvalue weighted by atomic mass is 32.2. The SMILES string of the molecule is COC1=CC([N+](=O)[O-])=C/C(=C\C(OC)=C2/Sc3ccccc3N2C)C1=O. The van der Waals surface area contributed by atoms with Crippen LogP contribution in [-0.4, -0.2) is 32.0 Å². The molecule has 1 heterocycles. The quantitative estimate of drug-likeness (QED) is 0.347. The van der Waals surface area contributed by atoms with Gasteiger partial charge in [-0.2, -0.15) is 0 Å². The summed E-state index contributed by atoms with van der Waals surface area (Å²) < 4.78 is 10.5. The summed E-state index contributed by atoms with van der Waals surface area (Å²) in [6, 6.07) is 7.86. The van der Waals surface area contributed by atoms with Crippen molar-refractivity contribution in [2.45, 2.75) is 4.90 Å². The number of methoxy groups -OCH3 is 2. The van der Waals surface area contributed by atoms with E-state index in [1.807, 2.05) is 36.2 Å². The fourth-order valence-electron chi connectivity index (χ4n) is 2.64. The Morgan fingerprint density at radius 2 is 2.00 bits per heavy atom. The molecule has 134 valence electrons. The van der Waals surface area contributed by atoms with Crippen LogP contribution in [0.2, 0.25) is 0 Å². The summed E-state index contributed by atoms with van der Waals surface area (Å²) in [5.74, 6) is -0.0774. The van der Waals surface area contributed by atoms with Crippen molar-refractivity contribution in [3.8, 4) is 0 Å². The van der Waals surface area contributed by atoms with Gasteiger partial charge in [0, 0.05) is 23.6 Å². The van der Waals surface area contributed by atoms with Crippen LogP contribution in [0, 0.1) is 10.1 Å². The second-order valence-corrected chi connectivity index (χ2v) is 6.50. The summed E-state index contributed by atoms with van der Waals surface area (Å²) in [6.07, 6.45) is 3.84. The molecule has 1 aliphatic heterocycles. The van der Waals surface area contributed by atoms with Gasteiger partial charge in [-0.1, -0.05) is 23.9 Å². The number of benzene rings is 1. The Kier molecular flexibility index (Phi) is 4.85. The van der Waals surface area contributed by atoms with Gasteiger partial charge in [-0.3, -0.25) is 14.9 Å². The Balaban J connectivity index is 2.06. The van der Waals surface area contributed by atoms with Gasteiger partial charge in [0.2, 0.25) is 5.78 Å². The highest BCUT2D eigenvalue weighted by molar-refractivity contribution is 8.03. The van der Waals surface area contributed by atoms with Crippen LogP contribution >= 0.6 is 11.8 Å². The molecule has 0 unspecified atom stereocenters. The normalized spacial score (nSPS) is 19.7. The maximum Gasteiger partial charge on any atom is 0.274 e. The molecular formula is C18H16N2O5S. The van der Waals surface area contributed by atoms with Crippen molar-refractivity contribution in [2.75, 3.05) is 26.2 Å². The number of nitro groups is 1. The van der Waals surface area contributed by atoms with E-state index >= 15 is 0 Å². The van der Waals surface area contributed by atoms with Crippen molar-refractivity contribution in [1.82, 2.24) is 0 Å². The van der Waals surface area contributed by atoms with E-state index in [4.69, 9.17) is 9.47 Å². The Hall–Kier alpha value is -3.00. The van der Waals surface area contributed by atoms with Crippen LogP contribution in [-0.2, 0) is 14.3 Å². The number of ketones is 1. The number of carbonyl (C=O) groups is 1. The topological polar surface area (TPSA) is 81.9 Å². The van der Waals surface area contributed by atoms with Crippen LogP contribution in [0.4, 0.5) is 5.69 Å². The van der Waals surface area contributed by atoms with Crippen LogP contribution < -0.4 is 4.90 Å². The molecule has 0 fully saturated rings. The van der Waals surface area contributed by atoms with E-state index in [-0.39, 0.29) is 17.0 Å². The van der Waals surface area contributed by atoms with E-state index in [0.717, 1.165) is 21.7 Å². The van der Waals surface area contributed by atoms with Gasteiger partial charge in [0.15, 0.2) is 5.76 Å². The minimum atomic E-state index is -0.564. The molecule has 7 nitrogen and oxygen atoms in total. The molecule has 0 N–H and O–H groups in total. The van der Waals surface area contributed by atoms with Crippen LogP contribution in [0.3, 0.4) is 0 Å². The third-order valence-electron chi connectivity index (χ3n) is 3.95. The van der Waals surface area contributed by atoms with Crippen LogP contribution in [0.25, 0.3) is 0 Å². The van der Waals surface area contributed by atoms with Crippen LogP contribution in [0.1, 0.15) is 0 Å². The molecule has 0 aromatic heterocycles. The summed E-state index contributed by atoms with van der Waals surface area (Å²) in [5.41, 5.74) is 0.934. The van der Waals surface area contributed by atoms with Gasteiger partial charge in [0.05, 0.1) is 30.9 Å². The number of Topliss-reactive ketones (excluding diaryl/α,β-unsaturated/α-hetero) is 1. The second kappa shape index (κ2) is 7.09. The van der Waals surface area contributed by atoms with Crippen LogP contribution in [0.5, 0.6) is 0 Å². The highest BCUT2D eigenvalue weighted by Crippen LogP contribution is 2.46. The molecule has 0 spiro atoms. The molecular weight excluding hydrogens is 356 g/mol. The van der Waals surface area contributed by atoms with Gasteiger partial charge in [-0.15, -0.1) is 0 Å². The summed E-state index contributed by atoms with van der Waals surface area (Å²) in [5, 5.41) is 11.9. The summed E-state index contributed by atoms with van der Waals surface area (Å²) in [7, 11) is 4.69. The van der Waals surface area contributed by atoms with Crippen molar-refractivity contribution < 1.29 is 19.2 Å². The third kappa shape index (κ3) is 3.11. The van der Waals surface area contributed by atoms with Gasteiger partial charge < -0.3 is 14.4 Å². The summed E-state index contributed by atoms with van der Waals surface area (Å²) >= 11 is 1.50. The number of hydrogen-bond donors (Lipinski definition) is 0. The van der Waals surface area contributed by atoms with Gasteiger partial charge in [-0.05, 0) is 18.2 Å². The lowest BCUT2D eigenvalue weighted by molar-refractivity contribution is -0.419. The zero-order valence-electron chi connectivity index (χ0n) is 14.4. The average molecular weight is 372 g/mol. The number of hydrogen-bond acceptors (Lipinski definition) is 7. The number of nitrogens with zero attached hydrogens (tertiary/aromatic N) is 2. The first kappa shape index (κ1) is 17.8. The van der Waals surface area contributed by atoms with Crippen molar-refractivity contribution in [3.63, 3.8) is 0 Å². The number of ether oxygens (including phenoxy) is 2. The zero-order chi connectivity index (χ0) is 18.8. The highest BCUT2D eigenvalue weighted by Gasteiger charge is 2.28. The number of rotatable bonds is 4. The fraction of sp³-hybridized carbons (Fsp3) is 0.167. The monoisotopic (exact) mass is 372 g/mol. The summed E-state index contributed by atoms with van der Waals surface area (Å²) in [4.78, 5) is 26.0. The first-order chi connectivity index (χ1) is 12.5. The summed E-state index contributed by atoms with van der Waals surface area (Å²) in [6.45, 7) is 0. The lowest BCUT2D eigenvalue weighted by atomic mass is 10.0. The van der Waals surface area contributed by atoms with E-state index < -0.39 is 10.7 Å². The van der Waals surface area contributed by atoms with Gasteiger partial charge in [-0.25, -0.2) is 0 Å². The van der Waals surface area contributed by atoms with Gasteiger partial charge >= 0.3 is 0 Å². The maximum atomic E-state index is 12.5. The van der Waals surface area contributed by atoms with Gasteiger partial charge in [0.25, 0.3) is 5.70 Å². The molecule has 0 radical (unpaired) electrons. The minimum Gasteiger partial charge on any atom is -0.494 e. The number of anilines is 1. The van der Waals surface area contributed by atoms with Crippen molar-refractivity contribution in [3.05, 3.63) is 80.4 Å². The molecule has 0 amide bonds. The molecule has 8 heteroatoms. The van der Waals surface area contributed by atoms with E-state index in [0.29, 0.717) is 5.76 Å². The molecule has 26 heavy (non-hydrogen) atoms. The molecule has 0 atom stereocenters. The fourth-order valence-corrected chi connectivity index (χ4v) is 3.78. The Bertz CT molecular complexity index is 914. The predicted molar refractivity (Wildman–Crippen MR) is 98.0 cm³/mol. The number of fused-ring (bicyclic) bond motifs is 1. The minimum absolute atomic E-state index is 0.0818. The maximum absolute atomic E-state index is 12.5. The molecule has 2 aliphatic rings. The van der Waals surface area contributed by atoms with Crippen LogP contribution in [0.15, 0.2) is 75.2 Å². The Morgan fingerprint density at radius 1 is 1.27 bits per heavy atom. The largest absolute Gasteiger partial charge is 0.494 e. The number of allylic oxidation sites excluding steroid dienone is 4. The average Bonchev–Trinajstić information content (AvgIpc) is 2.97. The Labute approximate surface area is 154 Å². The lowest BCUT2D eigenvalue weighted by Crippen LogP contribution is -2.16. The molecule has 0 saturated heterocycles. The molecule has 1 aliphatic carbocycles. The van der Waals surface area contributed by atoms with Gasteiger partial charge in [0.1, 0.15) is 10.8 Å². The van der Waals surface area contributed by atoms with Crippen molar-refractivity contribution in [2.24, 2.45) is 0 Å². The zero-order valence-corrected chi connectivity index (χ0v) is 15.2. The lowest BCUT2D eigenvalue weighted by Gasteiger charge is -2.17. The van der Waals surface area contributed by atoms with Crippen molar-refractivity contribution >= 4 is 23.2 Å². The Morgan fingerprint density at radius 3 is 2.62 bits per heavy atom. The van der Waals surface area contributed by atoms with E-state index in [1.54, 1.807) is 0 Å². The number of para-hydroxylation sites is 1. The molecule has 0 bridgehead atoms. The standard InChI is InChI=1S/C18H16N2O5S/c1-19-13-6-4-5-7-16(13)26-18(19)15(25-3)9-11-8-12(20(22)23)10-14(24-2)17(11)21/h4-10H,1-3H3/b11-9+,18-15+. The predicted octanol–water partition coefficient (Wildman–Crippen LogP) is 3.24. The number of carbonyl (C=O) groups excluding carboxylic acids is 1. The van der Waals surface area contributed by atoms with Crippen molar-refractivity contribution in [1.29, 1.82) is 0 Å². The first-order valence-electron chi connectivity index (χ1n) is 7.63. The first-order valence-corrected chi connectivity index (χ1v) is 8.45. The molecule has 3 rings (SSSR count). The molecule has 0 saturated carbocycles. The smallest absolute Gasteiger partial charge is 0.274 e.